The van der Waals surface area contributed by atoms with E-state index in [0.29, 0.717) is 36.6 Å². The largest absolute Gasteiger partial charge is 0.573 e. The lowest BCUT2D eigenvalue weighted by atomic mass is 9.13. The molecule has 0 aromatic heterocycles. The second kappa shape index (κ2) is 17.5. The van der Waals surface area contributed by atoms with Crippen LogP contribution in [0.4, 0.5) is 26.3 Å². The molecule has 2 saturated carbocycles. The molecule has 2 fully saturated rings. The van der Waals surface area contributed by atoms with Gasteiger partial charge >= 0.3 is 12.7 Å². The van der Waals surface area contributed by atoms with Crippen molar-refractivity contribution in [1.29, 1.82) is 0 Å². The van der Waals surface area contributed by atoms with Crippen LogP contribution in [0.3, 0.4) is 0 Å². The molecule has 0 saturated heterocycles. The monoisotopic (exact) mass is 762 g/mol. The number of halogens is 6. The Balaban J connectivity index is 0.000000186. The van der Waals surface area contributed by atoms with Crippen molar-refractivity contribution in [2.45, 2.75) is 88.8 Å². The highest BCUT2D eigenvalue weighted by Gasteiger charge is 2.41. The Morgan fingerprint density at radius 3 is 1.13 bits per heavy atom. The van der Waals surface area contributed by atoms with Gasteiger partial charge in [-0.05, 0) is 37.5 Å². The summed E-state index contributed by atoms with van der Waals surface area (Å²) in [5.74, 6) is -1.57. The fraction of sp³-hybridized carbons (Fsp3) is 0.318. The Morgan fingerprint density at radius 1 is 0.463 bits per heavy atom. The van der Waals surface area contributed by atoms with Crippen molar-refractivity contribution in [3.63, 3.8) is 0 Å². The minimum atomic E-state index is -4.99. The number of alkyl halides is 6. The molecule has 0 N–H and O–H groups in total. The maximum Gasteiger partial charge on any atom is 0.573 e. The third-order valence-corrected chi connectivity index (χ3v) is 11.7. The Labute approximate surface area is 316 Å². The highest BCUT2D eigenvalue weighted by molar-refractivity contribution is 7.27. The molecule has 5 aromatic rings. The zero-order chi connectivity index (χ0) is 38.2. The summed E-state index contributed by atoms with van der Waals surface area (Å²) in [5.41, 5.74) is 5.71. The van der Waals surface area contributed by atoms with Gasteiger partial charge in [-0.25, -0.2) is 0 Å². The van der Waals surface area contributed by atoms with Gasteiger partial charge in [0.15, 0.2) is 0 Å². The van der Waals surface area contributed by atoms with Gasteiger partial charge in [0.1, 0.15) is 17.6 Å². The van der Waals surface area contributed by atoms with Crippen molar-refractivity contribution in [1.82, 2.24) is 0 Å². The lowest BCUT2D eigenvalue weighted by molar-refractivity contribution is -0.277. The number of rotatable bonds is 8. The van der Waals surface area contributed by atoms with Crippen LogP contribution in [-0.2, 0) is 0 Å². The van der Waals surface area contributed by atoms with E-state index < -0.39 is 36.3 Å². The molecule has 1 unspecified atom stereocenters. The molecule has 2 aliphatic rings. The van der Waals surface area contributed by atoms with Gasteiger partial charge in [-0.15, -0.1) is 26.3 Å². The average molecular weight is 763 g/mol. The van der Waals surface area contributed by atoms with Crippen LogP contribution >= 0.6 is 9.24 Å². The quantitative estimate of drug-likeness (QED) is 0.0891. The average Bonchev–Trinajstić information content (AvgIpc) is 3.17. The molecular formula is C44H46BF6O2P. The molecular weight excluding hydrogens is 716 g/mol. The Bertz CT molecular complexity index is 1750. The van der Waals surface area contributed by atoms with Crippen molar-refractivity contribution in [3.05, 3.63) is 139 Å². The highest BCUT2D eigenvalue weighted by Crippen LogP contribution is 2.50. The third-order valence-electron chi connectivity index (χ3n) is 11.1. The fourth-order valence-corrected chi connectivity index (χ4v) is 9.52. The number of ether oxygens (including phenoxy) is 2. The smallest absolute Gasteiger partial charge is 0.405 e. The predicted molar refractivity (Wildman–Crippen MR) is 212 cm³/mol. The van der Waals surface area contributed by atoms with Crippen molar-refractivity contribution >= 4 is 42.5 Å². The molecule has 0 bridgehead atoms. The third kappa shape index (κ3) is 9.34. The van der Waals surface area contributed by atoms with Crippen LogP contribution in [0.25, 0.3) is 0 Å². The minimum absolute atomic E-state index is 0.0599. The lowest BCUT2D eigenvalue weighted by Crippen LogP contribution is -2.74. The summed E-state index contributed by atoms with van der Waals surface area (Å²) >= 11 is 0. The highest BCUT2D eigenvalue weighted by atomic mass is 31.0. The summed E-state index contributed by atoms with van der Waals surface area (Å²) in [6.07, 6.45) is -3.49. The fourth-order valence-electron chi connectivity index (χ4n) is 8.89. The van der Waals surface area contributed by atoms with Crippen LogP contribution in [0, 0.1) is 0 Å². The first-order valence-electron chi connectivity index (χ1n) is 18.9. The van der Waals surface area contributed by atoms with Crippen molar-refractivity contribution in [2.24, 2.45) is 0 Å². The number of hydrogen-bond acceptors (Lipinski definition) is 2. The summed E-state index contributed by atoms with van der Waals surface area (Å²) in [5, 5.41) is 0.384. The van der Waals surface area contributed by atoms with Gasteiger partial charge in [0.05, 0.1) is 5.30 Å². The van der Waals surface area contributed by atoms with Crippen molar-refractivity contribution in [2.75, 3.05) is 0 Å². The standard InChI is InChI=1S/C24H20B.C20H25F6O2P/c1-5-13-21(14-6-1)25(22-15-7-2-8-16-22,23-17-9-3-10-18-23)24-19-11-4-12-20-24;21-19(22,23)27-14-11-15(29)17(13-9-5-2-6-10-13)18(28-20(24,25)26)16(14)12-7-3-1-4-8-12/h1-20H;11-13H,1-10,29H2/q-1;/p+1. The van der Waals surface area contributed by atoms with E-state index in [0.717, 1.165) is 38.5 Å². The SMILES string of the molecule is FC(F)(F)Oc1cc([PH3+])c(C2CCCCC2)c(OC(F)(F)F)c1C1CCCCC1.c1ccc([B-](c2ccccc2)(c2ccccc2)c2ccccc2)cc1. The van der Waals surface area contributed by atoms with E-state index in [2.05, 4.69) is 131 Å². The number of benzene rings is 5. The summed E-state index contributed by atoms with van der Waals surface area (Å²) < 4.78 is 87.9. The van der Waals surface area contributed by atoms with E-state index >= 15 is 0 Å². The maximum atomic E-state index is 13.4. The first-order chi connectivity index (χ1) is 26.0. The molecule has 54 heavy (non-hydrogen) atoms. The van der Waals surface area contributed by atoms with Crippen molar-refractivity contribution < 1.29 is 35.8 Å². The van der Waals surface area contributed by atoms with Gasteiger partial charge in [0, 0.05) is 26.4 Å². The van der Waals surface area contributed by atoms with Crippen LogP contribution in [-0.4, -0.2) is 18.9 Å². The first kappa shape index (κ1) is 39.5. The normalized spacial score (nSPS) is 16.0. The van der Waals surface area contributed by atoms with Gasteiger partial charge < -0.3 is 9.47 Å². The molecule has 5 aromatic carbocycles. The second-order valence-electron chi connectivity index (χ2n) is 14.5. The molecule has 284 valence electrons. The van der Waals surface area contributed by atoms with E-state index in [9.17, 15) is 26.3 Å². The van der Waals surface area contributed by atoms with E-state index in [1.807, 2.05) is 0 Å². The molecule has 0 radical (unpaired) electrons. The Hall–Kier alpha value is -4.23. The molecule has 2 aliphatic carbocycles. The zero-order valence-electron chi connectivity index (χ0n) is 30.2. The molecule has 7 rings (SSSR count). The van der Waals surface area contributed by atoms with Crippen LogP contribution in [0.5, 0.6) is 11.5 Å². The molecule has 1 atom stereocenters. The van der Waals surface area contributed by atoms with Gasteiger partial charge in [0.25, 0.3) is 0 Å². The molecule has 0 heterocycles. The van der Waals surface area contributed by atoms with Crippen LogP contribution in [0.2, 0.25) is 0 Å². The first-order valence-corrected chi connectivity index (χ1v) is 19.6. The van der Waals surface area contributed by atoms with Crippen LogP contribution in [0.1, 0.15) is 87.2 Å². The van der Waals surface area contributed by atoms with Crippen LogP contribution in [0.15, 0.2) is 127 Å². The molecule has 0 aliphatic heterocycles. The summed E-state index contributed by atoms with van der Waals surface area (Å²) in [4.78, 5) is 0. The molecule has 0 amide bonds. The topological polar surface area (TPSA) is 18.5 Å². The Kier molecular flexibility index (Phi) is 12.8. The van der Waals surface area contributed by atoms with E-state index in [1.54, 1.807) is 0 Å². The van der Waals surface area contributed by atoms with Crippen molar-refractivity contribution in [3.8, 4) is 11.5 Å². The summed E-state index contributed by atoms with van der Waals surface area (Å²) in [7, 11) is 1.30. The molecule has 2 nitrogen and oxygen atoms in total. The van der Waals surface area contributed by atoms with Crippen LogP contribution < -0.4 is 36.6 Å². The molecule has 0 spiro atoms. The van der Waals surface area contributed by atoms with Gasteiger partial charge in [0.2, 0.25) is 0 Å². The summed E-state index contributed by atoms with van der Waals surface area (Å²) in [6.45, 7) is 0. The van der Waals surface area contributed by atoms with Gasteiger partial charge in [-0.2, -0.15) is 21.9 Å². The number of hydrogen-bond donors (Lipinski definition) is 0. The maximum absolute atomic E-state index is 13.4. The lowest BCUT2D eigenvalue weighted by Gasteiger charge is -2.44. The van der Waals surface area contributed by atoms with E-state index in [-0.39, 0.29) is 11.5 Å². The molecule has 10 heteroatoms. The van der Waals surface area contributed by atoms with E-state index in [1.165, 1.54) is 37.2 Å². The predicted octanol–water partition coefficient (Wildman–Crippen LogP) is 9.88. The zero-order valence-corrected chi connectivity index (χ0v) is 31.6. The van der Waals surface area contributed by atoms with E-state index in [4.69, 9.17) is 0 Å². The Morgan fingerprint density at radius 2 is 0.796 bits per heavy atom. The second-order valence-corrected chi connectivity index (χ2v) is 15.2. The summed E-state index contributed by atoms with van der Waals surface area (Å²) in [6, 6.07) is 44.8. The van der Waals surface area contributed by atoms with Gasteiger partial charge in [-0.3, -0.25) is 0 Å². The minimum Gasteiger partial charge on any atom is -0.405 e. The van der Waals surface area contributed by atoms with Gasteiger partial charge in [-0.1, -0.05) is 160 Å².